The Balaban J connectivity index is 1.55. The van der Waals surface area contributed by atoms with Gasteiger partial charge in [0, 0.05) is 50.8 Å². The molecule has 2 heterocycles. The number of hydrogen-bond donors (Lipinski definition) is 1. The van der Waals surface area contributed by atoms with Crippen molar-refractivity contribution in [1.29, 1.82) is 0 Å². The van der Waals surface area contributed by atoms with Gasteiger partial charge in [0.15, 0.2) is 0 Å². The minimum absolute atomic E-state index is 0.0209. The average molecular weight is 426 g/mol. The lowest BCUT2D eigenvalue weighted by molar-refractivity contribution is -0.121. The third-order valence-corrected chi connectivity index (χ3v) is 5.39. The van der Waals surface area contributed by atoms with Crippen LogP contribution in [0.3, 0.4) is 0 Å². The van der Waals surface area contributed by atoms with Crippen LogP contribution in [0.1, 0.15) is 29.1 Å². The number of aromatic nitrogens is 3. The van der Waals surface area contributed by atoms with Crippen molar-refractivity contribution in [1.82, 2.24) is 19.7 Å². The normalized spacial score (nSPS) is 10.7. The van der Waals surface area contributed by atoms with Crippen molar-refractivity contribution < 1.29 is 9.53 Å². The molecule has 0 saturated carbocycles. The Hall–Kier alpha value is -2.84. The molecular formula is C22H27N5O2S. The van der Waals surface area contributed by atoms with Gasteiger partial charge in [0.2, 0.25) is 11.0 Å². The SMILES string of the molecule is COCCN(CCC(=O)NCc1ccccn1)c1nc(Cc2ccc(C)cc2)ns1. The van der Waals surface area contributed by atoms with Gasteiger partial charge in [-0.25, -0.2) is 4.98 Å². The molecule has 0 bridgehead atoms. The molecule has 8 heteroatoms. The number of amides is 1. The van der Waals surface area contributed by atoms with Gasteiger partial charge in [-0.3, -0.25) is 9.78 Å². The molecule has 30 heavy (non-hydrogen) atoms. The maximum atomic E-state index is 12.3. The second-order valence-electron chi connectivity index (χ2n) is 6.98. The molecule has 3 aromatic rings. The van der Waals surface area contributed by atoms with E-state index >= 15 is 0 Å². The van der Waals surface area contributed by atoms with Crippen LogP contribution in [0, 0.1) is 6.92 Å². The molecule has 1 aromatic carbocycles. The zero-order valence-corrected chi connectivity index (χ0v) is 18.2. The number of carbonyl (C=O) groups excluding carboxylic acids is 1. The Kier molecular flexibility index (Phi) is 8.29. The van der Waals surface area contributed by atoms with Crippen molar-refractivity contribution in [2.24, 2.45) is 0 Å². The Labute approximate surface area is 181 Å². The van der Waals surface area contributed by atoms with E-state index in [2.05, 4.69) is 55.7 Å². The van der Waals surface area contributed by atoms with Crippen molar-refractivity contribution in [3.05, 3.63) is 71.3 Å². The van der Waals surface area contributed by atoms with Crippen molar-refractivity contribution in [2.45, 2.75) is 26.3 Å². The Morgan fingerprint density at radius 3 is 2.73 bits per heavy atom. The monoisotopic (exact) mass is 425 g/mol. The number of aryl methyl sites for hydroxylation is 1. The van der Waals surface area contributed by atoms with E-state index in [9.17, 15) is 4.79 Å². The lowest BCUT2D eigenvalue weighted by Crippen LogP contribution is -2.33. The summed E-state index contributed by atoms with van der Waals surface area (Å²) >= 11 is 1.36. The average Bonchev–Trinajstić information content (AvgIpc) is 3.23. The number of carbonyl (C=O) groups is 1. The third-order valence-electron chi connectivity index (χ3n) is 4.58. The van der Waals surface area contributed by atoms with Crippen LogP contribution in [0.15, 0.2) is 48.7 Å². The molecule has 0 atom stereocenters. The van der Waals surface area contributed by atoms with Crippen LogP contribution < -0.4 is 10.2 Å². The zero-order chi connectivity index (χ0) is 21.2. The van der Waals surface area contributed by atoms with E-state index in [0.29, 0.717) is 39.1 Å². The number of nitrogens with one attached hydrogen (secondary N) is 1. The Morgan fingerprint density at radius 2 is 2.00 bits per heavy atom. The topological polar surface area (TPSA) is 80.2 Å². The maximum absolute atomic E-state index is 12.3. The van der Waals surface area contributed by atoms with Gasteiger partial charge >= 0.3 is 0 Å². The van der Waals surface area contributed by atoms with E-state index in [1.165, 1.54) is 22.7 Å². The number of methoxy groups -OCH3 is 1. The molecule has 0 radical (unpaired) electrons. The summed E-state index contributed by atoms with van der Waals surface area (Å²) in [5.41, 5.74) is 3.26. The molecule has 3 rings (SSSR count). The van der Waals surface area contributed by atoms with Gasteiger partial charge in [-0.1, -0.05) is 35.9 Å². The van der Waals surface area contributed by atoms with Crippen molar-refractivity contribution in [3.63, 3.8) is 0 Å². The Bertz CT molecular complexity index is 915. The van der Waals surface area contributed by atoms with Crippen LogP contribution in [0.4, 0.5) is 5.13 Å². The molecule has 1 N–H and O–H groups in total. The highest BCUT2D eigenvalue weighted by atomic mass is 32.1. The predicted octanol–water partition coefficient (Wildman–Crippen LogP) is 2.99. The first-order valence-corrected chi connectivity index (χ1v) is 10.7. The molecule has 0 spiro atoms. The van der Waals surface area contributed by atoms with E-state index < -0.39 is 0 Å². The predicted molar refractivity (Wildman–Crippen MR) is 119 cm³/mol. The highest BCUT2D eigenvalue weighted by Crippen LogP contribution is 2.19. The van der Waals surface area contributed by atoms with Crippen LogP contribution in [-0.4, -0.2) is 47.1 Å². The van der Waals surface area contributed by atoms with Crippen molar-refractivity contribution in [3.8, 4) is 0 Å². The van der Waals surface area contributed by atoms with E-state index in [-0.39, 0.29) is 5.91 Å². The maximum Gasteiger partial charge on any atom is 0.222 e. The summed E-state index contributed by atoms with van der Waals surface area (Å²) in [4.78, 5) is 23.2. The smallest absolute Gasteiger partial charge is 0.222 e. The molecule has 7 nitrogen and oxygen atoms in total. The van der Waals surface area contributed by atoms with Crippen LogP contribution in [0.5, 0.6) is 0 Å². The van der Waals surface area contributed by atoms with Crippen LogP contribution >= 0.6 is 11.5 Å². The molecular weight excluding hydrogens is 398 g/mol. The lowest BCUT2D eigenvalue weighted by atomic mass is 10.1. The number of rotatable bonds is 11. The molecule has 0 aliphatic carbocycles. The second-order valence-corrected chi connectivity index (χ2v) is 7.71. The van der Waals surface area contributed by atoms with Gasteiger partial charge in [-0.15, -0.1) is 0 Å². The third kappa shape index (κ3) is 6.89. The largest absolute Gasteiger partial charge is 0.383 e. The van der Waals surface area contributed by atoms with E-state index in [0.717, 1.165) is 16.6 Å². The van der Waals surface area contributed by atoms with Gasteiger partial charge in [-0.2, -0.15) is 4.37 Å². The van der Waals surface area contributed by atoms with Gasteiger partial charge < -0.3 is 15.0 Å². The number of anilines is 1. The zero-order valence-electron chi connectivity index (χ0n) is 17.4. The molecule has 2 aromatic heterocycles. The lowest BCUT2D eigenvalue weighted by Gasteiger charge is -2.20. The fraction of sp³-hybridized carbons (Fsp3) is 0.364. The van der Waals surface area contributed by atoms with Crippen LogP contribution in [0.2, 0.25) is 0 Å². The van der Waals surface area contributed by atoms with Gasteiger partial charge in [-0.05, 0) is 24.6 Å². The summed E-state index contributed by atoms with van der Waals surface area (Å²) in [6, 6.07) is 14.0. The molecule has 158 valence electrons. The first kappa shape index (κ1) is 21.9. The number of pyridine rings is 1. The second kappa shape index (κ2) is 11.4. The van der Waals surface area contributed by atoms with Gasteiger partial charge in [0.1, 0.15) is 5.82 Å². The van der Waals surface area contributed by atoms with Crippen molar-refractivity contribution >= 4 is 22.6 Å². The van der Waals surface area contributed by atoms with E-state index in [4.69, 9.17) is 4.74 Å². The summed E-state index contributed by atoms with van der Waals surface area (Å²) in [5, 5.41) is 3.72. The minimum atomic E-state index is -0.0209. The quantitative estimate of drug-likeness (QED) is 0.509. The first-order valence-electron chi connectivity index (χ1n) is 9.92. The molecule has 1 amide bonds. The molecule has 0 saturated heterocycles. The van der Waals surface area contributed by atoms with Gasteiger partial charge in [0.25, 0.3) is 0 Å². The summed E-state index contributed by atoms with van der Waals surface area (Å²) in [6.07, 6.45) is 2.78. The minimum Gasteiger partial charge on any atom is -0.383 e. The molecule has 0 aliphatic rings. The van der Waals surface area contributed by atoms with E-state index in [1.54, 1.807) is 13.3 Å². The van der Waals surface area contributed by atoms with Crippen LogP contribution in [0.25, 0.3) is 0 Å². The standard InChI is InChI=1S/C22H27N5O2S/c1-17-6-8-18(9-7-17)15-20-25-22(30-26-20)27(13-14-29-2)12-10-21(28)24-16-19-5-3-4-11-23-19/h3-9,11H,10,12-16H2,1-2H3,(H,24,28). The summed E-state index contributed by atoms with van der Waals surface area (Å²) < 4.78 is 9.73. The Morgan fingerprint density at radius 1 is 1.17 bits per heavy atom. The molecule has 0 unspecified atom stereocenters. The van der Waals surface area contributed by atoms with E-state index in [1.807, 2.05) is 18.2 Å². The number of benzene rings is 1. The summed E-state index contributed by atoms with van der Waals surface area (Å²) in [5.74, 6) is 0.772. The van der Waals surface area contributed by atoms with Crippen LogP contribution in [-0.2, 0) is 22.5 Å². The summed E-state index contributed by atoms with van der Waals surface area (Å²) in [6.45, 7) is 4.27. The number of ether oxygens (including phenoxy) is 1. The fourth-order valence-corrected chi connectivity index (χ4v) is 3.59. The first-order chi connectivity index (χ1) is 14.6. The highest BCUT2D eigenvalue weighted by molar-refractivity contribution is 7.09. The summed E-state index contributed by atoms with van der Waals surface area (Å²) in [7, 11) is 1.67. The highest BCUT2D eigenvalue weighted by Gasteiger charge is 2.15. The molecule has 0 fully saturated rings. The molecule has 0 aliphatic heterocycles. The van der Waals surface area contributed by atoms with Crippen molar-refractivity contribution in [2.75, 3.05) is 31.7 Å². The fourth-order valence-electron chi connectivity index (χ4n) is 2.85. The number of nitrogens with zero attached hydrogens (tertiary/aromatic N) is 4. The van der Waals surface area contributed by atoms with Gasteiger partial charge in [0.05, 0.1) is 18.8 Å². The number of hydrogen-bond acceptors (Lipinski definition) is 7.